The van der Waals surface area contributed by atoms with Gasteiger partial charge < -0.3 is 9.64 Å². The van der Waals surface area contributed by atoms with Crippen molar-refractivity contribution in [1.29, 1.82) is 0 Å². The van der Waals surface area contributed by atoms with E-state index in [1.165, 1.54) is 18.4 Å². The molecule has 0 heterocycles. The highest BCUT2D eigenvalue weighted by atomic mass is 16.5. The van der Waals surface area contributed by atoms with Crippen molar-refractivity contribution in [3.8, 4) is 5.75 Å². The number of ether oxygens (including phenoxy) is 1. The second-order valence-corrected chi connectivity index (χ2v) is 5.40. The fraction of sp³-hybridized carbons (Fsp3) is 0.600. The summed E-state index contributed by atoms with van der Waals surface area (Å²) < 4.78 is 6.12. The topological polar surface area (TPSA) is 12.5 Å². The van der Waals surface area contributed by atoms with Crippen molar-refractivity contribution >= 4 is 0 Å². The van der Waals surface area contributed by atoms with Gasteiger partial charge in [0.05, 0.1) is 0 Å². The molecule has 2 rings (SSSR count). The minimum Gasteiger partial charge on any atom is -0.490 e. The third kappa shape index (κ3) is 4.04. The molecule has 0 aromatic heterocycles. The molecule has 0 aliphatic heterocycles. The number of hydrogen-bond acceptors (Lipinski definition) is 2. The summed E-state index contributed by atoms with van der Waals surface area (Å²) in [5.41, 5.74) is 1.29. The maximum Gasteiger partial charge on any atom is 0.119 e. The fourth-order valence-electron chi connectivity index (χ4n) is 2.04. The molecule has 1 aliphatic carbocycles. The third-order valence-electron chi connectivity index (χ3n) is 3.32. The molecule has 0 amide bonds. The summed E-state index contributed by atoms with van der Waals surface area (Å²) >= 11 is 0. The summed E-state index contributed by atoms with van der Waals surface area (Å²) in [7, 11) is 4.24. The summed E-state index contributed by atoms with van der Waals surface area (Å²) in [6.07, 6.45) is 4.21. The van der Waals surface area contributed by atoms with Crippen molar-refractivity contribution in [3.63, 3.8) is 0 Å². The van der Waals surface area contributed by atoms with Gasteiger partial charge in [-0.1, -0.05) is 17.7 Å². The van der Waals surface area contributed by atoms with Crippen LogP contribution in [0.25, 0.3) is 0 Å². The fourth-order valence-corrected chi connectivity index (χ4v) is 2.04. The first-order chi connectivity index (χ1) is 8.15. The van der Waals surface area contributed by atoms with E-state index in [-0.39, 0.29) is 0 Å². The molecule has 1 aliphatic rings. The van der Waals surface area contributed by atoms with Crippen molar-refractivity contribution in [2.24, 2.45) is 5.92 Å². The summed E-state index contributed by atoms with van der Waals surface area (Å²) in [5.74, 6) is 1.81. The van der Waals surface area contributed by atoms with E-state index in [0.717, 1.165) is 24.6 Å². The van der Waals surface area contributed by atoms with Crippen LogP contribution in [0, 0.1) is 12.8 Å². The lowest BCUT2D eigenvalue weighted by atomic mass is 10.1. The zero-order valence-corrected chi connectivity index (χ0v) is 11.1. The predicted octanol–water partition coefficient (Wildman–Crippen LogP) is 3.10. The van der Waals surface area contributed by atoms with Gasteiger partial charge in [0.25, 0.3) is 0 Å². The Morgan fingerprint density at radius 3 is 2.41 bits per heavy atom. The molecule has 1 saturated carbocycles. The molecule has 1 aromatic carbocycles. The lowest BCUT2D eigenvalue weighted by Gasteiger charge is -2.20. The molecule has 0 spiro atoms. The quantitative estimate of drug-likeness (QED) is 0.748. The third-order valence-corrected chi connectivity index (χ3v) is 3.32. The summed E-state index contributed by atoms with van der Waals surface area (Å²) in [6, 6.07) is 8.40. The van der Waals surface area contributed by atoms with Crippen LogP contribution in [0.5, 0.6) is 5.75 Å². The van der Waals surface area contributed by atoms with E-state index in [2.05, 4.69) is 50.2 Å². The van der Waals surface area contributed by atoms with Gasteiger partial charge in [0.1, 0.15) is 11.9 Å². The van der Waals surface area contributed by atoms with Gasteiger partial charge >= 0.3 is 0 Å². The van der Waals surface area contributed by atoms with Crippen LogP contribution in [0.3, 0.4) is 0 Å². The Bertz CT molecular complexity index is 340. The Kier molecular flexibility index (Phi) is 4.06. The molecule has 2 nitrogen and oxygen atoms in total. The molecule has 1 aromatic rings. The second kappa shape index (κ2) is 5.54. The van der Waals surface area contributed by atoms with Crippen LogP contribution in [-0.4, -0.2) is 31.6 Å². The summed E-state index contributed by atoms with van der Waals surface area (Å²) in [6.45, 7) is 3.21. The van der Waals surface area contributed by atoms with E-state index in [9.17, 15) is 0 Å². The van der Waals surface area contributed by atoms with Gasteiger partial charge in [0.2, 0.25) is 0 Å². The molecule has 94 valence electrons. The Labute approximate surface area is 105 Å². The normalized spacial score (nSPS) is 17.2. The Morgan fingerprint density at radius 2 is 1.88 bits per heavy atom. The van der Waals surface area contributed by atoms with Crippen LogP contribution in [0.15, 0.2) is 24.3 Å². The zero-order chi connectivity index (χ0) is 12.3. The van der Waals surface area contributed by atoms with E-state index in [1.54, 1.807) is 0 Å². The van der Waals surface area contributed by atoms with E-state index in [4.69, 9.17) is 4.74 Å². The van der Waals surface area contributed by atoms with Crippen molar-refractivity contribution in [2.75, 3.05) is 20.6 Å². The second-order valence-electron chi connectivity index (χ2n) is 5.40. The molecule has 2 heteroatoms. The van der Waals surface area contributed by atoms with E-state index in [0.29, 0.717) is 6.10 Å². The van der Waals surface area contributed by atoms with Gasteiger partial charge in [-0.15, -0.1) is 0 Å². The van der Waals surface area contributed by atoms with Crippen molar-refractivity contribution in [1.82, 2.24) is 4.90 Å². The molecular weight excluding hydrogens is 210 g/mol. The monoisotopic (exact) mass is 233 g/mol. The smallest absolute Gasteiger partial charge is 0.119 e. The molecular formula is C15H23NO. The number of hydrogen-bond donors (Lipinski definition) is 0. The van der Waals surface area contributed by atoms with Gasteiger partial charge in [-0.25, -0.2) is 0 Å². The minimum absolute atomic E-state index is 0.403. The first kappa shape index (κ1) is 12.4. The summed E-state index contributed by atoms with van der Waals surface area (Å²) in [4.78, 5) is 2.23. The lowest BCUT2D eigenvalue weighted by Crippen LogP contribution is -2.25. The van der Waals surface area contributed by atoms with Crippen LogP contribution in [-0.2, 0) is 0 Å². The number of nitrogens with zero attached hydrogens (tertiary/aromatic N) is 1. The largest absolute Gasteiger partial charge is 0.490 e. The maximum atomic E-state index is 6.12. The Morgan fingerprint density at radius 1 is 1.24 bits per heavy atom. The molecule has 0 radical (unpaired) electrons. The SMILES string of the molecule is Cc1ccc(OC(CCN(C)C)C2CC2)cc1. The van der Waals surface area contributed by atoms with Crippen molar-refractivity contribution < 1.29 is 4.74 Å². The van der Waals surface area contributed by atoms with Crippen LogP contribution >= 0.6 is 0 Å². The Balaban J connectivity index is 1.90. The van der Waals surface area contributed by atoms with Gasteiger partial charge in [0, 0.05) is 6.54 Å². The number of aryl methyl sites for hydroxylation is 1. The minimum atomic E-state index is 0.403. The van der Waals surface area contributed by atoms with Gasteiger partial charge in [-0.3, -0.25) is 0 Å². The van der Waals surface area contributed by atoms with Gasteiger partial charge in [0.15, 0.2) is 0 Å². The molecule has 0 N–H and O–H groups in total. The molecule has 0 bridgehead atoms. The van der Waals surface area contributed by atoms with Crippen LogP contribution in [0.1, 0.15) is 24.8 Å². The first-order valence-corrected chi connectivity index (χ1v) is 6.53. The molecule has 1 fully saturated rings. The molecule has 17 heavy (non-hydrogen) atoms. The first-order valence-electron chi connectivity index (χ1n) is 6.53. The van der Waals surface area contributed by atoms with Gasteiger partial charge in [-0.2, -0.15) is 0 Å². The Hall–Kier alpha value is -1.02. The average molecular weight is 233 g/mol. The van der Waals surface area contributed by atoms with E-state index >= 15 is 0 Å². The van der Waals surface area contributed by atoms with Gasteiger partial charge in [-0.05, 0) is 58.3 Å². The number of rotatable bonds is 6. The van der Waals surface area contributed by atoms with Crippen LogP contribution in [0.4, 0.5) is 0 Å². The molecule has 0 saturated heterocycles. The average Bonchev–Trinajstić information content (AvgIpc) is 3.10. The maximum absolute atomic E-state index is 6.12. The van der Waals surface area contributed by atoms with Crippen molar-refractivity contribution in [3.05, 3.63) is 29.8 Å². The molecule has 1 atom stereocenters. The van der Waals surface area contributed by atoms with Crippen LogP contribution < -0.4 is 4.74 Å². The van der Waals surface area contributed by atoms with E-state index < -0.39 is 0 Å². The highest BCUT2D eigenvalue weighted by Gasteiger charge is 2.32. The van der Waals surface area contributed by atoms with Crippen LogP contribution in [0.2, 0.25) is 0 Å². The van der Waals surface area contributed by atoms with Crippen molar-refractivity contribution in [2.45, 2.75) is 32.3 Å². The summed E-state index contributed by atoms with van der Waals surface area (Å²) in [5, 5.41) is 0. The molecule has 1 unspecified atom stereocenters. The number of benzene rings is 1. The lowest BCUT2D eigenvalue weighted by molar-refractivity contribution is 0.155. The standard InChI is InChI=1S/C15H23NO/c1-12-4-8-14(9-5-12)17-15(13-6-7-13)10-11-16(2)3/h4-5,8-9,13,15H,6-7,10-11H2,1-3H3. The zero-order valence-electron chi connectivity index (χ0n) is 11.1. The predicted molar refractivity (Wildman–Crippen MR) is 71.5 cm³/mol. The highest BCUT2D eigenvalue weighted by molar-refractivity contribution is 5.26. The van der Waals surface area contributed by atoms with E-state index in [1.807, 2.05) is 0 Å². The highest BCUT2D eigenvalue weighted by Crippen LogP contribution is 2.36.